The fourth-order valence-corrected chi connectivity index (χ4v) is 7.77. The van der Waals surface area contributed by atoms with Crippen LogP contribution in [0, 0.1) is 13.1 Å². The van der Waals surface area contributed by atoms with E-state index < -0.39 is 0 Å². The van der Waals surface area contributed by atoms with Crippen molar-refractivity contribution in [2.45, 2.75) is 0 Å². The summed E-state index contributed by atoms with van der Waals surface area (Å²) in [6.45, 7) is 16.4. The minimum absolute atomic E-state index is 0.422. The molecule has 0 amide bonds. The Bertz CT molecular complexity index is 3030. The van der Waals surface area contributed by atoms with Crippen molar-refractivity contribution in [1.29, 1.82) is 0 Å². The zero-order valence-corrected chi connectivity index (χ0v) is 26.1. The van der Waals surface area contributed by atoms with E-state index in [1.165, 1.54) is 0 Å². The summed E-state index contributed by atoms with van der Waals surface area (Å²) in [5.41, 5.74) is 10.1. The van der Waals surface area contributed by atoms with Gasteiger partial charge in [0, 0.05) is 32.5 Å². The second kappa shape index (κ2) is 10.2. The van der Waals surface area contributed by atoms with Crippen LogP contribution in [0.15, 0.2) is 150 Å². The summed E-state index contributed by atoms with van der Waals surface area (Å²) in [5, 5.41) is 6.60. The number of nitrogens with zero attached hydrogens (tertiary/aromatic N) is 4. The summed E-state index contributed by atoms with van der Waals surface area (Å²) in [6, 6.07) is 49.5. The lowest BCUT2D eigenvalue weighted by atomic mass is 9.98. The molecule has 10 rings (SSSR count). The van der Waals surface area contributed by atoms with Gasteiger partial charge in [0.1, 0.15) is 11.2 Å². The van der Waals surface area contributed by atoms with E-state index in [-0.39, 0.29) is 0 Å². The van der Waals surface area contributed by atoms with E-state index >= 15 is 0 Å². The van der Waals surface area contributed by atoms with Gasteiger partial charge in [0.05, 0.1) is 52.0 Å². The molecule has 226 valence electrons. The van der Waals surface area contributed by atoms with Crippen molar-refractivity contribution in [3.8, 4) is 22.5 Å². The Kier molecular flexibility index (Phi) is 5.64. The predicted molar refractivity (Wildman–Crippen MR) is 200 cm³/mol. The van der Waals surface area contributed by atoms with Crippen LogP contribution in [-0.2, 0) is 0 Å². The first-order valence-corrected chi connectivity index (χ1v) is 16.1. The molecular formula is C44H24N4O. The van der Waals surface area contributed by atoms with Crippen LogP contribution in [0.5, 0.6) is 0 Å². The van der Waals surface area contributed by atoms with Crippen molar-refractivity contribution >= 4 is 76.9 Å². The number of benzene rings is 7. The van der Waals surface area contributed by atoms with E-state index in [9.17, 15) is 0 Å². The quantitative estimate of drug-likeness (QED) is 0.180. The van der Waals surface area contributed by atoms with Crippen LogP contribution in [0.4, 0.5) is 11.4 Å². The van der Waals surface area contributed by atoms with Crippen LogP contribution >= 0.6 is 0 Å². The molecule has 0 saturated heterocycles. The van der Waals surface area contributed by atoms with Crippen molar-refractivity contribution in [2.24, 2.45) is 0 Å². The molecule has 49 heavy (non-hydrogen) atoms. The zero-order chi connectivity index (χ0) is 32.6. The molecule has 0 unspecified atom stereocenters. The molecule has 0 N–H and O–H groups in total. The van der Waals surface area contributed by atoms with Gasteiger partial charge in [-0.3, -0.25) is 0 Å². The average Bonchev–Trinajstić information content (AvgIpc) is 3.82. The lowest BCUT2D eigenvalue weighted by Crippen LogP contribution is -2.02. The second-order valence-electron chi connectivity index (χ2n) is 12.3. The highest BCUT2D eigenvalue weighted by Gasteiger charge is 2.24. The summed E-state index contributed by atoms with van der Waals surface area (Å²) in [4.78, 5) is 7.91. The molecule has 0 bridgehead atoms. The number of furan rings is 1. The third-order valence-electron chi connectivity index (χ3n) is 9.74. The Morgan fingerprint density at radius 1 is 0.469 bits per heavy atom. The highest BCUT2D eigenvalue weighted by molar-refractivity contribution is 6.24. The first-order valence-electron chi connectivity index (χ1n) is 16.1. The van der Waals surface area contributed by atoms with Gasteiger partial charge >= 0.3 is 0 Å². The lowest BCUT2D eigenvalue weighted by Gasteiger charge is -2.20. The molecule has 0 aliphatic rings. The first kappa shape index (κ1) is 27.1. The number of hydrogen-bond donors (Lipinski definition) is 0. The normalized spacial score (nSPS) is 11.6. The van der Waals surface area contributed by atoms with E-state index in [2.05, 4.69) is 122 Å². The number of fused-ring (bicyclic) bond motifs is 10. The minimum atomic E-state index is 0.422. The van der Waals surface area contributed by atoms with Gasteiger partial charge in [0.2, 0.25) is 5.69 Å². The van der Waals surface area contributed by atoms with Gasteiger partial charge in [0.15, 0.2) is 5.69 Å². The molecule has 0 atom stereocenters. The fourth-order valence-electron chi connectivity index (χ4n) is 7.77. The molecule has 0 aliphatic heterocycles. The smallest absolute Gasteiger partial charge is 0.201 e. The second-order valence-corrected chi connectivity index (χ2v) is 12.3. The van der Waals surface area contributed by atoms with Gasteiger partial charge in [-0.15, -0.1) is 0 Å². The van der Waals surface area contributed by atoms with E-state index in [1.807, 2.05) is 36.4 Å². The third kappa shape index (κ3) is 3.73. The molecule has 0 saturated carbocycles. The molecular weight excluding hydrogens is 601 g/mol. The van der Waals surface area contributed by atoms with Gasteiger partial charge in [-0.2, -0.15) is 0 Å². The summed E-state index contributed by atoms with van der Waals surface area (Å²) in [6.07, 6.45) is 0. The molecule has 7 aromatic carbocycles. The largest absolute Gasteiger partial charge is 0.456 e. The summed E-state index contributed by atoms with van der Waals surface area (Å²) in [5.74, 6) is 0. The predicted octanol–water partition coefficient (Wildman–Crippen LogP) is 12.5. The highest BCUT2D eigenvalue weighted by atomic mass is 16.3. The average molecular weight is 625 g/mol. The maximum atomic E-state index is 8.39. The van der Waals surface area contributed by atoms with E-state index in [0.29, 0.717) is 11.4 Å². The van der Waals surface area contributed by atoms with Crippen molar-refractivity contribution in [3.63, 3.8) is 0 Å². The summed E-state index contributed by atoms with van der Waals surface area (Å²) in [7, 11) is 0. The fraction of sp³-hybridized carbons (Fsp3) is 0. The van der Waals surface area contributed by atoms with Gasteiger partial charge in [-0.25, -0.2) is 9.69 Å². The van der Waals surface area contributed by atoms with E-state index in [1.54, 1.807) is 6.07 Å². The molecule has 5 nitrogen and oxygen atoms in total. The molecule has 3 aromatic heterocycles. The van der Waals surface area contributed by atoms with Crippen LogP contribution in [0.2, 0.25) is 0 Å². The Morgan fingerprint density at radius 2 is 1.06 bits per heavy atom. The molecule has 0 radical (unpaired) electrons. The minimum Gasteiger partial charge on any atom is -0.456 e. The van der Waals surface area contributed by atoms with E-state index in [0.717, 1.165) is 88.1 Å². The molecule has 10 aromatic rings. The SMILES string of the molecule is [C-]#[N+]c1cc([N+]#[C-])c(-n2c3ccccc3c3ccccc32)c(-c2ccccc2-n2c3ccccc3c3ccc4oc5ccccc5c4c32)c1. The van der Waals surface area contributed by atoms with Gasteiger partial charge in [0.25, 0.3) is 0 Å². The van der Waals surface area contributed by atoms with E-state index in [4.69, 9.17) is 17.6 Å². The molecule has 3 heterocycles. The standard InChI is InChI=1S/C44H24N4O/c1-45-27-25-34(43(35(26-27)46-2)47-36-18-8-3-13-28(36)29-14-4-9-19-37(29)47)31-16-6-11-21-39(31)48-38-20-10-5-15-30(38)32-23-24-41-42(44(32)48)33-17-7-12-22-40(33)49-41/h3-26H. The van der Waals surface area contributed by atoms with Crippen LogP contribution in [0.25, 0.3) is 97.7 Å². The highest BCUT2D eigenvalue weighted by Crippen LogP contribution is 2.47. The van der Waals surface area contributed by atoms with Crippen LogP contribution in [0.3, 0.4) is 0 Å². The van der Waals surface area contributed by atoms with Crippen molar-refractivity contribution < 1.29 is 4.42 Å². The Labute approximate surface area is 280 Å². The molecule has 5 heteroatoms. The summed E-state index contributed by atoms with van der Waals surface area (Å²) < 4.78 is 10.9. The third-order valence-corrected chi connectivity index (χ3v) is 9.74. The Hall–Kier alpha value is -7.08. The number of hydrogen-bond acceptors (Lipinski definition) is 1. The zero-order valence-electron chi connectivity index (χ0n) is 26.1. The number of aromatic nitrogens is 2. The van der Waals surface area contributed by atoms with Crippen molar-refractivity contribution in [2.75, 3.05) is 0 Å². The maximum Gasteiger partial charge on any atom is 0.201 e. The number of rotatable bonds is 3. The monoisotopic (exact) mass is 624 g/mol. The Morgan fingerprint density at radius 3 is 1.76 bits per heavy atom. The molecule has 0 aliphatic carbocycles. The van der Waals surface area contributed by atoms with Crippen LogP contribution < -0.4 is 0 Å². The van der Waals surface area contributed by atoms with Crippen molar-refractivity contribution in [3.05, 3.63) is 168 Å². The van der Waals surface area contributed by atoms with Gasteiger partial charge in [-0.1, -0.05) is 91.0 Å². The van der Waals surface area contributed by atoms with Gasteiger partial charge in [-0.05, 0) is 60.2 Å². The van der Waals surface area contributed by atoms with Crippen molar-refractivity contribution in [1.82, 2.24) is 9.13 Å². The summed E-state index contributed by atoms with van der Waals surface area (Å²) >= 11 is 0. The Balaban J connectivity index is 1.39. The van der Waals surface area contributed by atoms with Crippen LogP contribution in [-0.4, -0.2) is 9.13 Å². The molecule has 0 fully saturated rings. The molecule has 0 spiro atoms. The maximum absolute atomic E-state index is 8.39. The van der Waals surface area contributed by atoms with Crippen LogP contribution in [0.1, 0.15) is 0 Å². The number of para-hydroxylation sites is 5. The topological polar surface area (TPSA) is 31.7 Å². The first-order chi connectivity index (χ1) is 24.2. The van der Waals surface area contributed by atoms with Gasteiger partial charge < -0.3 is 13.6 Å². The lowest BCUT2D eigenvalue weighted by molar-refractivity contribution is 0.669.